The van der Waals surface area contributed by atoms with E-state index >= 15 is 0 Å². The number of alkyl halides is 3. The van der Waals surface area contributed by atoms with Gasteiger partial charge in [0.15, 0.2) is 6.10 Å². The van der Waals surface area contributed by atoms with Crippen LogP contribution >= 0.6 is 0 Å². The molecular weight excluding hydrogens is 667 g/mol. The molecule has 5 atom stereocenters. The number of benzene rings is 3. The van der Waals surface area contributed by atoms with E-state index in [2.05, 4.69) is 16.0 Å². The molecular formula is C37H44F3N5O6. The first-order valence-corrected chi connectivity index (χ1v) is 16.5. The van der Waals surface area contributed by atoms with Crippen molar-refractivity contribution < 1.29 is 42.3 Å². The summed E-state index contributed by atoms with van der Waals surface area (Å²) < 4.78 is 39.8. The molecule has 14 heteroatoms. The Hall–Kier alpha value is -5.24. The lowest BCUT2D eigenvalue weighted by Crippen LogP contribution is -2.58. The number of amides is 5. The van der Waals surface area contributed by atoms with Crippen molar-refractivity contribution in [3.63, 3.8) is 0 Å². The quantitative estimate of drug-likeness (QED) is 0.125. The Morgan fingerprint density at radius 1 is 0.706 bits per heavy atom. The molecule has 3 aromatic carbocycles. The number of aliphatic hydroxyl groups excluding tert-OH is 1. The van der Waals surface area contributed by atoms with Crippen LogP contribution in [-0.2, 0) is 25.6 Å². The Kier molecular flexibility index (Phi) is 14.7. The molecule has 0 radical (unpaired) electrons. The van der Waals surface area contributed by atoms with Gasteiger partial charge in [-0.25, -0.2) is 0 Å². The number of nitrogens with one attached hydrogen (secondary N) is 4. The van der Waals surface area contributed by atoms with E-state index in [0.717, 1.165) is 16.7 Å². The Morgan fingerprint density at radius 3 is 1.82 bits per heavy atom. The number of rotatable bonds is 17. The van der Waals surface area contributed by atoms with Gasteiger partial charge in [0.05, 0.1) is 6.04 Å². The largest absolute Gasteiger partial charge is 0.416 e. The van der Waals surface area contributed by atoms with Crippen molar-refractivity contribution in [3.05, 3.63) is 96.1 Å². The van der Waals surface area contributed by atoms with Crippen molar-refractivity contribution in [1.29, 1.82) is 0 Å². The molecule has 0 bridgehead atoms. The highest BCUT2D eigenvalue weighted by Crippen LogP contribution is 2.24. The van der Waals surface area contributed by atoms with Crippen LogP contribution in [0.5, 0.6) is 0 Å². The third kappa shape index (κ3) is 12.5. The highest BCUT2D eigenvalue weighted by Gasteiger charge is 2.44. The first-order valence-electron chi connectivity index (χ1n) is 16.5. The zero-order valence-electron chi connectivity index (χ0n) is 28.6. The van der Waals surface area contributed by atoms with Gasteiger partial charge >= 0.3 is 6.18 Å². The van der Waals surface area contributed by atoms with E-state index in [0.29, 0.717) is 12.0 Å². The topological polar surface area (TPSA) is 180 Å². The number of hydrogen-bond acceptors (Lipinski definition) is 6. The fourth-order valence-electron chi connectivity index (χ4n) is 5.21. The minimum Gasteiger partial charge on any atom is -0.382 e. The van der Waals surface area contributed by atoms with Crippen LogP contribution in [-0.4, -0.2) is 71.1 Å². The Labute approximate surface area is 294 Å². The van der Waals surface area contributed by atoms with Gasteiger partial charge in [-0.15, -0.1) is 0 Å². The number of nitrogens with two attached hydrogens (primary N) is 1. The smallest absolute Gasteiger partial charge is 0.382 e. The van der Waals surface area contributed by atoms with Crippen LogP contribution in [0.25, 0.3) is 11.1 Å². The molecule has 0 aliphatic rings. The molecule has 0 aliphatic carbocycles. The number of carbonyl (C=O) groups is 5. The molecule has 0 saturated heterocycles. The average molecular weight is 712 g/mol. The third-order valence-corrected chi connectivity index (χ3v) is 8.19. The van der Waals surface area contributed by atoms with Gasteiger partial charge in [-0.05, 0) is 60.9 Å². The van der Waals surface area contributed by atoms with Crippen LogP contribution in [0.4, 0.5) is 13.2 Å². The first kappa shape index (κ1) is 40.2. The number of carbonyl (C=O) groups excluding carboxylic acids is 5. The van der Waals surface area contributed by atoms with E-state index in [-0.39, 0.29) is 6.42 Å². The van der Waals surface area contributed by atoms with Gasteiger partial charge in [0, 0.05) is 12.0 Å². The van der Waals surface area contributed by atoms with E-state index in [4.69, 9.17) is 5.73 Å². The monoisotopic (exact) mass is 711 g/mol. The van der Waals surface area contributed by atoms with Gasteiger partial charge in [0.2, 0.25) is 23.6 Å². The molecule has 5 amide bonds. The molecule has 3 aromatic rings. The number of primary amides is 1. The zero-order valence-corrected chi connectivity index (χ0v) is 28.6. The molecule has 51 heavy (non-hydrogen) atoms. The van der Waals surface area contributed by atoms with Crippen molar-refractivity contribution >= 4 is 29.5 Å². The van der Waals surface area contributed by atoms with Crippen LogP contribution in [0, 0.1) is 5.92 Å². The first-order chi connectivity index (χ1) is 24.1. The minimum atomic E-state index is -5.11. The summed E-state index contributed by atoms with van der Waals surface area (Å²) in [5.74, 6) is -4.39. The maximum Gasteiger partial charge on any atom is 0.416 e. The Morgan fingerprint density at radius 2 is 1.27 bits per heavy atom. The second-order valence-corrected chi connectivity index (χ2v) is 12.6. The average Bonchev–Trinajstić information content (AvgIpc) is 3.10. The SMILES string of the molecule is CC(C)[C@H](NC(=O)c1ccc(-c2ccccc2)cc1)C(=O)N[C@@H](CCc1ccccc1)C(=O)N[C@H](C)C(=O)NC(CCC(N)=O)C(O)C(F)(F)F. The van der Waals surface area contributed by atoms with Crippen LogP contribution in [0.1, 0.15) is 56.0 Å². The molecule has 0 fully saturated rings. The van der Waals surface area contributed by atoms with E-state index < -0.39 is 84.7 Å². The van der Waals surface area contributed by atoms with Crippen LogP contribution in [0.2, 0.25) is 0 Å². The van der Waals surface area contributed by atoms with Crippen molar-refractivity contribution in [2.24, 2.45) is 11.7 Å². The van der Waals surface area contributed by atoms with E-state index in [1.54, 1.807) is 50.2 Å². The predicted octanol–water partition coefficient (Wildman–Crippen LogP) is 3.40. The molecule has 0 saturated carbocycles. The second-order valence-electron chi connectivity index (χ2n) is 12.6. The lowest BCUT2D eigenvalue weighted by molar-refractivity contribution is -0.212. The maximum absolute atomic E-state index is 13.6. The van der Waals surface area contributed by atoms with Gasteiger partial charge in [-0.1, -0.05) is 86.6 Å². The van der Waals surface area contributed by atoms with Gasteiger partial charge in [-0.2, -0.15) is 13.2 Å². The molecule has 274 valence electrons. The standard InChI is InChI=1S/C37H44F3N5O6/c1-22(2)31(45-34(49)27-17-15-26(16-18-27)25-12-8-5-9-13-25)36(51)44-29(19-14-24-10-6-4-7-11-24)35(50)42-23(3)33(48)43-28(20-21-30(41)46)32(47)37(38,39)40/h4-13,15-18,22-23,28-29,31-32,47H,14,19-21H2,1-3H3,(H2,41,46)(H,42,50)(H,43,48)(H,44,51)(H,45,49)/t23-,28?,29+,31+,32?/m1/s1. The zero-order chi connectivity index (χ0) is 37.7. The summed E-state index contributed by atoms with van der Waals surface area (Å²) in [6.45, 7) is 4.66. The molecule has 2 unspecified atom stereocenters. The predicted molar refractivity (Wildman–Crippen MR) is 185 cm³/mol. The Balaban J connectivity index is 1.74. The Bertz CT molecular complexity index is 1620. The molecule has 0 heterocycles. The minimum absolute atomic E-state index is 0.0731. The normalized spacial score (nSPS) is 14.4. The number of hydrogen-bond donors (Lipinski definition) is 6. The van der Waals surface area contributed by atoms with Crippen LogP contribution < -0.4 is 27.0 Å². The van der Waals surface area contributed by atoms with Gasteiger partial charge in [0.1, 0.15) is 18.1 Å². The highest BCUT2D eigenvalue weighted by atomic mass is 19.4. The van der Waals surface area contributed by atoms with Gasteiger partial charge < -0.3 is 32.1 Å². The van der Waals surface area contributed by atoms with Gasteiger partial charge in [0.25, 0.3) is 5.91 Å². The summed E-state index contributed by atoms with van der Waals surface area (Å²) in [5, 5.41) is 19.6. The highest BCUT2D eigenvalue weighted by molar-refractivity contribution is 5.99. The summed E-state index contributed by atoms with van der Waals surface area (Å²) in [4.78, 5) is 64.4. The number of aryl methyl sites for hydroxylation is 1. The molecule has 3 rings (SSSR count). The fourth-order valence-corrected chi connectivity index (χ4v) is 5.21. The molecule has 0 aliphatic heterocycles. The lowest BCUT2D eigenvalue weighted by Gasteiger charge is -2.28. The van der Waals surface area contributed by atoms with E-state index in [1.807, 2.05) is 53.8 Å². The molecule has 0 aromatic heterocycles. The third-order valence-electron chi connectivity index (χ3n) is 8.19. The number of aliphatic hydroxyl groups is 1. The van der Waals surface area contributed by atoms with Crippen LogP contribution in [0.3, 0.4) is 0 Å². The molecule has 7 N–H and O–H groups in total. The summed E-state index contributed by atoms with van der Waals surface area (Å²) in [7, 11) is 0. The summed E-state index contributed by atoms with van der Waals surface area (Å²) in [6.07, 6.45) is -8.84. The lowest BCUT2D eigenvalue weighted by atomic mass is 9.99. The van der Waals surface area contributed by atoms with Crippen molar-refractivity contribution in [2.75, 3.05) is 0 Å². The summed E-state index contributed by atoms with van der Waals surface area (Å²) in [6, 6.07) is 19.9. The number of halogens is 3. The maximum atomic E-state index is 13.6. The fraction of sp³-hybridized carbons (Fsp3) is 0.378. The van der Waals surface area contributed by atoms with Gasteiger partial charge in [-0.3, -0.25) is 24.0 Å². The molecule has 11 nitrogen and oxygen atoms in total. The van der Waals surface area contributed by atoms with Crippen molar-refractivity contribution in [1.82, 2.24) is 21.3 Å². The summed E-state index contributed by atoms with van der Waals surface area (Å²) in [5.41, 5.74) is 8.08. The molecule has 0 spiro atoms. The van der Waals surface area contributed by atoms with Crippen LogP contribution in [0.15, 0.2) is 84.9 Å². The van der Waals surface area contributed by atoms with Crippen molar-refractivity contribution in [2.45, 2.75) is 82.9 Å². The van der Waals surface area contributed by atoms with Crippen molar-refractivity contribution in [3.8, 4) is 11.1 Å². The second kappa shape index (κ2) is 18.7. The summed E-state index contributed by atoms with van der Waals surface area (Å²) >= 11 is 0. The van der Waals surface area contributed by atoms with E-state index in [1.165, 1.54) is 6.92 Å². The van der Waals surface area contributed by atoms with E-state index in [9.17, 15) is 42.3 Å².